The molecule has 1 aromatic heterocycles. The third-order valence-electron chi connectivity index (χ3n) is 6.41. The molecule has 9 nitrogen and oxygen atoms in total. The molecule has 1 saturated heterocycles. The number of anilines is 1. The number of hydrogen-bond acceptors (Lipinski definition) is 9. The van der Waals surface area contributed by atoms with Crippen LogP contribution in [0.4, 0.5) is 5.13 Å². The molecule has 0 saturated carbocycles. The monoisotopic (exact) mass is 520 g/mol. The molecule has 3 aromatic rings. The zero-order valence-corrected chi connectivity index (χ0v) is 21.4. The first-order valence-corrected chi connectivity index (χ1v) is 12.4. The standard InChI is InChI=1S/C27H24N2O7S/c1-13-11-17-12-16(7-10-19(17)36-13)22(30)20-21(15-5-8-18(34-3)9-6-15)29(25(32)23(20)31)27-28-14(2)24(37-27)26(33)35-4/h5-10,12-13,21,30H,11H2,1-4H3/t13-,21-/m1/s1. The summed E-state index contributed by atoms with van der Waals surface area (Å²) in [6, 6.07) is 11.0. The van der Waals surface area contributed by atoms with Crippen molar-refractivity contribution in [2.75, 3.05) is 19.1 Å². The highest BCUT2D eigenvalue weighted by Gasteiger charge is 2.48. The van der Waals surface area contributed by atoms with Crippen LogP contribution in [0.2, 0.25) is 0 Å². The van der Waals surface area contributed by atoms with Crippen LogP contribution >= 0.6 is 11.3 Å². The molecule has 10 heteroatoms. The number of esters is 1. The number of ether oxygens (including phenoxy) is 3. The molecule has 0 bridgehead atoms. The third kappa shape index (κ3) is 4.13. The van der Waals surface area contributed by atoms with E-state index in [0.29, 0.717) is 29.0 Å². The van der Waals surface area contributed by atoms with Gasteiger partial charge in [-0.05, 0) is 55.3 Å². The smallest absolute Gasteiger partial charge is 0.350 e. The van der Waals surface area contributed by atoms with Crippen LogP contribution in [0.25, 0.3) is 5.76 Å². The van der Waals surface area contributed by atoms with Gasteiger partial charge in [-0.25, -0.2) is 9.78 Å². The summed E-state index contributed by atoms with van der Waals surface area (Å²) in [5.74, 6) is -1.28. The summed E-state index contributed by atoms with van der Waals surface area (Å²) in [4.78, 5) is 44.8. The van der Waals surface area contributed by atoms with Crippen LogP contribution in [0.3, 0.4) is 0 Å². The summed E-state index contributed by atoms with van der Waals surface area (Å²) in [7, 11) is 2.79. The van der Waals surface area contributed by atoms with Gasteiger partial charge >= 0.3 is 11.9 Å². The molecule has 5 rings (SSSR count). The van der Waals surface area contributed by atoms with Gasteiger partial charge in [0.2, 0.25) is 0 Å². The fraction of sp³-hybridized carbons (Fsp3) is 0.259. The van der Waals surface area contributed by atoms with Crippen molar-refractivity contribution in [1.29, 1.82) is 0 Å². The fourth-order valence-corrected chi connectivity index (χ4v) is 5.64. The first-order valence-electron chi connectivity index (χ1n) is 11.5. The number of ketones is 1. The van der Waals surface area contributed by atoms with Crippen molar-refractivity contribution in [2.24, 2.45) is 0 Å². The van der Waals surface area contributed by atoms with Crippen LogP contribution in [0.1, 0.15) is 45.0 Å². The second kappa shape index (κ2) is 9.36. The Morgan fingerprint density at radius 3 is 2.57 bits per heavy atom. The second-order valence-corrected chi connectivity index (χ2v) is 9.78. The average Bonchev–Trinajstić information content (AvgIpc) is 3.55. The molecule has 190 valence electrons. The lowest BCUT2D eigenvalue weighted by Gasteiger charge is -2.23. The minimum Gasteiger partial charge on any atom is -0.507 e. The van der Waals surface area contributed by atoms with Crippen molar-refractivity contribution in [1.82, 2.24) is 4.98 Å². The number of aliphatic hydroxyl groups is 1. The molecule has 0 radical (unpaired) electrons. The summed E-state index contributed by atoms with van der Waals surface area (Å²) in [5.41, 5.74) is 2.17. The number of carbonyl (C=O) groups excluding carboxylic acids is 3. The maximum atomic E-state index is 13.4. The number of hydrogen-bond donors (Lipinski definition) is 1. The highest BCUT2D eigenvalue weighted by atomic mass is 32.1. The van der Waals surface area contributed by atoms with Gasteiger partial charge in [0, 0.05) is 12.0 Å². The quantitative estimate of drug-likeness (QED) is 0.230. The minimum absolute atomic E-state index is 0.00873. The Bertz CT molecular complexity index is 1460. The zero-order chi connectivity index (χ0) is 26.4. The van der Waals surface area contributed by atoms with Gasteiger partial charge in [0.15, 0.2) is 5.13 Å². The molecule has 2 atom stereocenters. The fourth-order valence-electron chi connectivity index (χ4n) is 4.62. The molecular weight excluding hydrogens is 496 g/mol. The Kier molecular flexibility index (Phi) is 6.20. The van der Waals surface area contributed by atoms with Crippen molar-refractivity contribution >= 4 is 39.9 Å². The Labute approximate surface area is 216 Å². The maximum Gasteiger partial charge on any atom is 0.350 e. The van der Waals surface area contributed by atoms with E-state index in [1.807, 2.05) is 6.92 Å². The molecule has 1 fully saturated rings. The van der Waals surface area contributed by atoms with Crippen LogP contribution in [0.15, 0.2) is 48.0 Å². The topological polar surface area (TPSA) is 115 Å². The van der Waals surface area contributed by atoms with Gasteiger partial charge in [-0.1, -0.05) is 23.5 Å². The number of amides is 1. The third-order valence-corrected chi connectivity index (χ3v) is 7.54. The molecule has 37 heavy (non-hydrogen) atoms. The van der Waals surface area contributed by atoms with Crippen LogP contribution in [0.5, 0.6) is 11.5 Å². The van der Waals surface area contributed by atoms with Crippen molar-refractivity contribution < 1.29 is 33.7 Å². The van der Waals surface area contributed by atoms with E-state index in [9.17, 15) is 19.5 Å². The van der Waals surface area contributed by atoms with E-state index in [2.05, 4.69) is 4.98 Å². The number of nitrogens with zero attached hydrogens (tertiary/aromatic N) is 2. The van der Waals surface area contributed by atoms with Crippen LogP contribution in [-0.2, 0) is 20.7 Å². The number of fused-ring (bicyclic) bond motifs is 1. The number of aryl methyl sites for hydroxylation is 1. The highest BCUT2D eigenvalue weighted by Crippen LogP contribution is 2.44. The average molecular weight is 521 g/mol. The second-order valence-electron chi connectivity index (χ2n) is 8.80. The van der Waals surface area contributed by atoms with Gasteiger partial charge in [-0.3, -0.25) is 14.5 Å². The normalized spacial score (nSPS) is 20.1. The van der Waals surface area contributed by atoms with E-state index in [0.717, 1.165) is 22.6 Å². The minimum atomic E-state index is -0.981. The number of aliphatic hydroxyl groups excluding tert-OH is 1. The van der Waals surface area contributed by atoms with E-state index in [4.69, 9.17) is 14.2 Å². The zero-order valence-electron chi connectivity index (χ0n) is 20.6. The lowest BCUT2D eigenvalue weighted by atomic mass is 9.94. The van der Waals surface area contributed by atoms with Gasteiger partial charge in [-0.15, -0.1) is 0 Å². The first kappa shape index (κ1) is 24.5. The summed E-state index contributed by atoms with van der Waals surface area (Å²) in [6.45, 7) is 3.58. The molecular formula is C27H24N2O7S. The summed E-state index contributed by atoms with van der Waals surface area (Å²) >= 11 is 0.949. The highest BCUT2D eigenvalue weighted by molar-refractivity contribution is 7.17. The number of thiazole rings is 1. The molecule has 2 aliphatic rings. The molecule has 1 amide bonds. The van der Waals surface area contributed by atoms with Crippen LogP contribution in [-0.4, -0.2) is 48.1 Å². The Morgan fingerprint density at radius 2 is 1.89 bits per heavy atom. The van der Waals surface area contributed by atoms with E-state index < -0.39 is 23.7 Å². The molecule has 0 aliphatic carbocycles. The van der Waals surface area contributed by atoms with Crippen molar-refractivity contribution in [3.8, 4) is 11.5 Å². The molecule has 1 N–H and O–H groups in total. The summed E-state index contributed by atoms with van der Waals surface area (Å²) < 4.78 is 15.8. The molecule has 2 aliphatic heterocycles. The number of aromatic nitrogens is 1. The SMILES string of the molecule is COC(=O)c1sc(N2C(=O)C(=O)C(=C(O)c3ccc4c(c3)C[C@@H](C)O4)[C@H]2c2ccc(OC)cc2)nc1C. The van der Waals surface area contributed by atoms with E-state index >= 15 is 0 Å². The number of carbonyl (C=O) groups is 3. The van der Waals surface area contributed by atoms with Crippen LogP contribution < -0.4 is 14.4 Å². The van der Waals surface area contributed by atoms with E-state index in [1.165, 1.54) is 19.1 Å². The van der Waals surface area contributed by atoms with E-state index in [1.54, 1.807) is 49.4 Å². The van der Waals surface area contributed by atoms with Gasteiger partial charge in [-0.2, -0.15) is 0 Å². The predicted octanol–water partition coefficient (Wildman–Crippen LogP) is 4.20. The van der Waals surface area contributed by atoms with E-state index in [-0.39, 0.29) is 27.4 Å². The van der Waals surface area contributed by atoms with Crippen molar-refractivity contribution in [2.45, 2.75) is 32.4 Å². The van der Waals surface area contributed by atoms with Gasteiger partial charge in [0.05, 0.1) is 31.5 Å². The van der Waals surface area contributed by atoms with Gasteiger partial charge < -0.3 is 19.3 Å². The summed E-state index contributed by atoms with van der Waals surface area (Å²) in [6.07, 6.45) is 0.677. The van der Waals surface area contributed by atoms with Gasteiger partial charge in [0.1, 0.15) is 28.2 Å². The number of methoxy groups -OCH3 is 2. The maximum absolute atomic E-state index is 13.4. The Hall–Kier alpha value is -4.18. The predicted molar refractivity (Wildman–Crippen MR) is 136 cm³/mol. The Morgan fingerprint density at radius 1 is 1.16 bits per heavy atom. The van der Waals surface area contributed by atoms with Crippen LogP contribution in [0, 0.1) is 6.92 Å². The molecule has 3 heterocycles. The first-order chi connectivity index (χ1) is 17.7. The lowest BCUT2D eigenvalue weighted by molar-refractivity contribution is -0.132. The van der Waals surface area contributed by atoms with Gasteiger partial charge in [0.25, 0.3) is 5.78 Å². The largest absolute Gasteiger partial charge is 0.507 e. The molecule has 0 spiro atoms. The van der Waals surface area contributed by atoms with Crippen molar-refractivity contribution in [3.05, 3.63) is 75.3 Å². The Balaban J connectivity index is 1.68. The number of rotatable bonds is 5. The number of benzene rings is 2. The van der Waals surface area contributed by atoms with Crippen molar-refractivity contribution in [3.63, 3.8) is 0 Å². The number of Topliss-reactive ketones (excluding diaryl/α,β-unsaturated/α-hetero) is 1. The summed E-state index contributed by atoms with van der Waals surface area (Å²) in [5, 5.41) is 11.6. The lowest BCUT2D eigenvalue weighted by Crippen LogP contribution is -2.29. The molecule has 2 aromatic carbocycles. The molecule has 0 unspecified atom stereocenters.